The Hall–Kier alpha value is -1.33. The molecule has 0 saturated heterocycles. The highest BCUT2D eigenvalue weighted by atomic mass is 16.5. The smallest absolute Gasteiger partial charge is 0.371 e. The number of hydrogen-bond donors (Lipinski definition) is 2. The van der Waals surface area contributed by atoms with Crippen LogP contribution in [0.25, 0.3) is 0 Å². The Bertz CT molecular complexity index is 359. The normalized spacial score (nSPS) is 12.9. The van der Waals surface area contributed by atoms with Crippen molar-refractivity contribution in [3.05, 3.63) is 23.7 Å². The van der Waals surface area contributed by atoms with Crippen molar-refractivity contribution in [3.63, 3.8) is 0 Å². The molecule has 0 fully saturated rings. The van der Waals surface area contributed by atoms with Gasteiger partial charge in [0.25, 0.3) is 0 Å². The molecule has 1 rings (SSSR count). The molecule has 0 saturated carbocycles. The van der Waals surface area contributed by atoms with Crippen molar-refractivity contribution in [2.75, 3.05) is 13.2 Å². The van der Waals surface area contributed by atoms with Crippen LogP contribution in [0, 0.1) is 0 Å². The summed E-state index contributed by atoms with van der Waals surface area (Å²) in [6.07, 6.45) is 0.217. The number of ether oxygens (including phenoxy) is 1. The largest absolute Gasteiger partial charge is 0.475 e. The number of nitrogens with one attached hydrogen (secondary N) is 1. The van der Waals surface area contributed by atoms with Crippen LogP contribution in [0.15, 0.2) is 16.5 Å². The number of hydrogen-bond acceptors (Lipinski definition) is 4. The van der Waals surface area contributed by atoms with Crippen LogP contribution in [0.3, 0.4) is 0 Å². The number of aromatic carboxylic acids is 1. The third-order valence-electron chi connectivity index (χ3n) is 2.27. The van der Waals surface area contributed by atoms with Gasteiger partial charge in [-0.3, -0.25) is 0 Å². The summed E-state index contributed by atoms with van der Waals surface area (Å²) in [6.45, 7) is 7.20. The van der Waals surface area contributed by atoms with E-state index in [4.69, 9.17) is 14.3 Å². The molecule has 0 amide bonds. The lowest BCUT2D eigenvalue weighted by Gasteiger charge is -2.12. The summed E-state index contributed by atoms with van der Waals surface area (Å²) in [4.78, 5) is 10.6. The third kappa shape index (κ3) is 4.58. The van der Waals surface area contributed by atoms with Crippen LogP contribution in [-0.2, 0) is 4.74 Å². The maximum absolute atomic E-state index is 10.6. The van der Waals surface area contributed by atoms with Gasteiger partial charge in [-0.25, -0.2) is 4.79 Å². The molecule has 0 aliphatic rings. The van der Waals surface area contributed by atoms with Crippen LogP contribution < -0.4 is 5.32 Å². The average Bonchev–Trinajstić information content (AvgIpc) is 2.73. The molecule has 1 atom stereocenters. The molecule has 96 valence electrons. The van der Waals surface area contributed by atoms with E-state index in [2.05, 4.69) is 5.32 Å². The van der Waals surface area contributed by atoms with Gasteiger partial charge < -0.3 is 19.6 Å². The second kappa shape index (κ2) is 6.42. The maximum atomic E-state index is 10.6. The Morgan fingerprint density at radius 3 is 2.71 bits per heavy atom. The van der Waals surface area contributed by atoms with Gasteiger partial charge >= 0.3 is 5.97 Å². The molecule has 0 aliphatic carbocycles. The van der Waals surface area contributed by atoms with Crippen LogP contribution in [0.1, 0.15) is 43.1 Å². The molecule has 2 N–H and O–H groups in total. The second-order valence-corrected chi connectivity index (χ2v) is 4.10. The van der Waals surface area contributed by atoms with Crippen LogP contribution in [0.5, 0.6) is 0 Å². The molecular formula is C12H19NO4. The highest BCUT2D eigenvalue weighted by Gasteiger charge is 2.13. The van der Waals surface area contributed by atoms with Gasteiger partial charge in [0.15, 0.2) is 0 Å². The van der Waals surface area contributed by atoms with Gasteiger partial charge in [0, 0.05) is 6.54 Å². The maximum Gasteiger partial charge on any atom is 0.371 e. The zero-order valence-electron chi connectivity index (χ0n) is 10.4. The van der Waals surface area contributed by atoms with E-state index < -0.39 is 5.97 Å². The summed E-state index contributed by atoms with van der Waals surface area (Å²) >= 11 is 0. The molecule has 17 heavy (non-hydrogen) atoms. The number of carboxylic acids is 1. The van der Waals surface area contributed by atoms with Crippen LogP contribution in [-0.4, -0.2) is 30.3 Å². The topological polar surface area (TPSA) is 71.7 Å². The predicted molar refractivity (Wildman–Crippen MR) is 63.2 cm³/mol. The molecule has 5 heteroatoms. The first kappa shape index (κ1) is 13.7. The van der Waals surface area contributed by atoms with E-state index in [0.717, 1.165) is 0 Å². The van der Waals surface area contributed by atoms with Gasteiger partial charge in [-0.15, -0.1) is 0 Å². The van der Waals surface area contributed by atoms with Crippen molar-refractivity contribution in [2.45, 2.75) is 32.9 Å². The highest BCUT2D eigenvalue weighted by Crippen LogP contribution is 2.15. The summed E-state index contributed by atoms with van der Waals surface area (Å²) in [5.74, 6) is -0.467. The lowest BCUT2D eigenvalue weighted by molar-refractivity contribution is 0.0657. The molecule has 5 nitrogen and oxygen atoms in total. The van der Waals surface area contributed by atoms with Crippen LogP contribution in [0.2, 0.25) is 0 Å². The molecule has 0 radical (unpaired) electrons. The van der Waals surface area contributed by atoms with Gasteiger partial charge in [0.2, 0.25) is 5.76 Å². The van der Waals surface area contributed by atoms with E-state index in [9.17, 15) is 4.79 Å². The van der Waals surface area contributed by atoms with Crippen molar-refractivity contribution in [3.8, 4) is 0 Å². The summed E-state index contributed by atoms with van der Waals surface area (Å²) in [6, 6.07) is 3.10. The molecule has 1 aromatic heterocycles. The van der Waals surface area contributed by atoms with E-state index in [1.165, 1.54) is 6.07 Å². The van der Waals surface area contributed by atoms with Gasteiger partial charge in [-0.05, 0) is 32.9 Å². The van der Waals surface area contributed by atoms with Crippen LogP contribution >= 0.6 is 0 Å². The fraction of sp³-hybridized carbons (Fsp3) is 0.583. The summed E-state index contributed by atoms with van der Waals surface area (Å²) in [5, 5.41) is 11.9. The second-order valence-electron chi connectivity index (χ2n) is 4.10. The van der Waals surface area contributed by atoms with E-state index >= 15 is 0 Å². The Labute approximate surface area is 101 Å². The summed E-state index contributed by atoms with van der Waals surface area (Å²) < 4.78 is 10.6. The zero-order valence-corrected chi connectivity index (χ0v) is 10.4. The summed E-state index contributed by atoms with van der Waals surface area (Å²) in [7, 11) is 0. The van der Waals surface area contributed by atoms with Gasteiger partial charge in [0.05, 0.1) is 18.8 Å². The minimum atomic E-state index is -1.05. The molecule has 0 spiro atoms. The lowest BCUT2D eigenvalue weighted by Crippen LogP contribution is -2.24. The molecule has 1 aromatic rings. The van der Waals surface area contributed by atoms with Crippen molar-refractivity contribution < 1.29 is 19.1 Å². The fourth-order valence-electron chi connectivity index (χ4n) is 1.37. The zero-order chi connectivity index (χ0) is 12.8. The van der Waals surface area contributed by atoms with E-state index in [1.807, 2.05) is 20.8 Å². The molecule has 0 aliphatic heterocycles. The Morgan fingerprint density at radius 2 is 2.18 bits per heavy atom. The predicted octanol–water partition coefficient (Wildman–Crippen LogP) is 2.05. The Morgan fingerprint density at radius 1 is 1.47 bits per heavy atom. The SMILES string of the molecule is CC(C)OCCNC(C)c1ccc(C(=O)O)o1. The monoisotopic (exact) mass is 241 g/mol. The van der Waals surface area contributed by atoms with Crippen molar-refractivity contribution in [1.29, 1.82) is 0 Å². The number of furan rings is 1. The lowest BCUT2D eigenvalue weighted by atomic mass is 10.2. The van der Waals surface area contributed by atoms with Crippen molar-refractivity contribution >= 4 is 5.97 Å². The third-order valence-corrected chi connectivity index (χ3v) is 2.27. The van der Waals surface area contributed by atoms with E-state index in [1.54, 1.807) is 6.07 Å². The first-order valence-electron chi connectivity index (χ1n) is 5.68. The Balaban J connectivity index is 2.36. The molecule has 1 unspecified atom stereocenters. The van der Waals surface area contributed by atoms with Gasteiger partial charge in [-0.2, -0.15) is 0 Å². The molecule has 0 aromatic carbocycles. The highest BCUT2D eigenvalue weighted by molar-refractivity contribution is 5.84. The van der Waals surface area contributed by atoms with Crippen molar-refractivity contribution in [1.82, 2.24) is 5.32 Å². The molecular weight excluding hydrogens is 222 g/mol. The Kier molecular flexibility index (Phi) is 5.18. The fourth-order valence-corrected chi connectivity index (χ4v) is 1.37. The molecule has 0 bridgehead atoms. The van der Waals surface area contributed by atoms with E-state index in [0.29, 0.717) is 18.9 Å². The first-order chi connectivity index (χ1) is 8.00. The number of carbonyl (C=O) groups is 1. The summed E-state index contributed by atoms with van der Waals surface area (Å²) in [5.41, 5.74) is 0. The van der Waals surface area contributed by atoms with Gasteiger partial charge in [0.1, 0.15) is 5.76 Å². The van der Waals surface area contributed by atoms with E-state index in [-0.39, 0.29) is 17.9 Å². The minimum absolute atomic E-state index is 0.0288. The standard InChI is InChI=1S/C12H19NO4/c1-8(2)16-7-6-13-9(3)10-4-5-11(17-10)12(14)15/h4-5,8-9,13H,6-7H2,1-3H3,(H,14,15). The number of rotatable bonds is 7. The first-order valence-corrected chi connectivity index (χ1v) is 5.68. The average molecular weight is 241 g/mol. The molecule has 1 heterocycles. The minimum Gasteiger partial charge on any atom is -0.475 e. The number of carboxylic acid groups (broad SMARTS) is 1. The van der Waals surface area contributed by atoms with Crippen molar-refractivity contribution in [2.24, 2.45) is 0 Å². The quantitative estimate of drug-likeness (QED) is 0.715. The van der Waals surface area contributed by atoms with Gasteiger partial charge in [-0.1, -0.05) is 0 Å². The van der Waals surface area contributed by atoms with Crippen LogP contribution in [0.4, 0.5) is 0 Å².